The molecule has 0 aliphatic heterocycles. The van der Waals surface area contributed by atoms with Gasteiger partial charge in [0.05, 0.1) is 0 Å². The van der Waals surface area contributed by atoms with E-state index in [9.17, 15) is 0 Å². The van der Waals surface area contributed by atoms with Crippen LogP contribution in [0, 0.1) is 0 Å². The van der Waals surface area contributed by atoms with E-state index in [1.807, 2.05) is 45.9 Å². The Balaban J connectivity index is -0.000000118. The van der Waals surface area contributed by atoms with Crippen molar-refractivity contribution in [2.45, 2.75) is 41.0 Å². The maximum absolute atomic E-state index is 3.51. The Labute approximate surface area is 78.7 Å². The average molecular weight is 168 g/mol. The molecule has 0 nitrogen and oxygen atoms in total. The van der Waals surface area contributed by atoms with Crippen molar-refractivity contribution in [2.75, 3.05) is 0 Å². The molecule has 0 fully saturated rings. The Morgan fingerprint density at radius 1 is 1.08 bits per heavy atom. The van der Waals surface area contributed by atoms with E-state index in [-0.39, 0.29) is 0 Å². The van der Waals surface area contributed by atoms with Crippen LogP contribution in [-0.2, 0) is 0 Å². The Bertz CT molecular complexity index is 92.6. The molecular formula is C12H24. The molecule has 0 N–H and O–H groups in total. The molecule has 0 aromatic carbocycles. The molecule has 0 amide bonds. The first-order valence-corrected chi connectivity index (χ1v) is 4.68. The standard InChI is InChI=1S/C6H10.C4H8.C2H6/c1-3-5-6-4-2;1-3-4-2;1-2/h3,5-6H,1,4H2,2H3;3-4H,1-2H3;1-2H3/b6-5+;4-3-;. The van der Waals surface area contributed by atoms with Crippen molar-refractivity contribution in [3.63, 3.8) is 0 Å². The fourth-order valence-corrected chi connectivity index (χ4v) is 0.232. The predicted octanol–water partition coefficient (Wildman–Crippen LogP) is 4.75. The highest BCUT2D eigenvalue weighted by atomic mass is 13.6. The second-order valence-corrected chi connectivity index (χ2v) is 1.74. The number of rotatable bonds is 2. The summed E-state index contributed by atoms with van der Waals surface area (Å²) in [6.07, 6.45) is 10.9. The largest absolute Gasteiger partial charge is 0.0991 e. The van der Waals surface area contributed by atoms with Crippen molar-refractivity contribution >= 4 is 0 Å². The van der Waals surface area contributed by atoms with Gasteiger partial charge in [0.15, 0.2) is 0 Å². The normalized spacial score (nSPS) is 8.42. The molecule has 0 atom stereocenters. The molecule has 0 saturated heterocycles. The molecule has 0 heteroatoms. The zero-order chi connectivity index (χ0) is 10.2. The molecule has 0 aliphatic carbocycles. The van der Waals surface area contributed by atoms with Gasteiger partial charge in [-0.05, 0) is 20.3 Å². The molecule has 72 valence electrons. The summed E-state index contributed by atoms with van der Waals surface area (Å²) in [7, 11) is 0. The summed E-state index contributed by atoms with van der Waals surface area (Å²) < 4.78 is 0. The van der Waals surface area contributed by atoms with E-state index in [0.29, 0.717) is 0 Å². The minimum atomic E-state index is 1.10. The van der Waals surface area contributed by atoms with Crippen LogP contribution in [0.25, 0.3) is 0 Å². The molecule has 12 heavy (non-hydrogen) atoms. The summed E-state index contributed by atoms with van der Waals surface area (Å²) in [5, 5.41) is 0. The minimum absolute atomic E-state index is 1.10. The number of hydrogen-bond donors (Lipinski definition) is 0. The number of hydrogen-bond acceptors (Lipinski definition) is 0. The lowest BCUT2D eigenvalue weighted by molar-refractivity contribution is 1.22. The monoisotopic (exact) mass is 168 g/mol. The molecule has 0 heterocycles. The van der Waals surface area contributed by atoms with Gasteiger partial charge in [0.2, 0.25) is 0 Å². The molecule has 0 rings (SSSR count). The molecule has 0 unspecified atom stereocenters. The third kappa shape index (κ3) is 60.1. The first-order chi connectivity index (χ1) is 5.83. The zero-order valence-electron chi connectivity index (χ0n) is 9.30. The van der Waals surface area contributed by atoms with Gasteiger partial charge in [-0.1, -0.05) is 57.7 Å². The zero-order valence-corrected chi connectivity index (χ0v) is 9.30. The molecule has 0 aromatic heterocycles. The fraction of sp³-hybridized carbons (Fsp3) is 0.500. The van der Waals surface area contributed by atoms with E-state index in [1.165, 1.54) is 0 Å². The first-order valence-electron chi connectivity index (χ1n) is 4.68. The summed E-state index contributed by atoms with van der Waals surface area (Å²) in [6.45, 7) is 13.6. The van der Waals surface area contributed by atoms with Crippen molar-refractivity contribution in [1.82, 2.24) is 0 Å². The van der Waals surface area contributed by atoms with Crippen LogP contribution in [0.15, 0.2) is 37.0 Å². The molecule has 0 aliphatic rings. The lowest BCUT2D eigenvalue weighted by Crippen LogP contribution is -1.46. The van der Waals surface area contributed by atoms with Crippen LogP contribution in [0.4, 0.5) is 0 Å². The topological polar surface area (TPSA) is 0 Å². The van der Waals surface area contributed by atoms with Crippen LogP contribution >= 0.6 is 0 Å². The van der Waals surface area contributed by atoms with E-state index >= 15 is 0 Å². The quantitative estimate of drug-likeness (QED) is 0.412. The van der Waals surface area contributed by atoms with Gasteiger partial charge in [-0.3, -0.25) is 0 Å². The van der Waals surface area contributed by atoms with E-state index in [1.54, 1.807) is 6.08 Å². The van der Waals surface area contributed by atoms with E-state index in [4.69, 9.17) is 0 Å². The highest BCUT2D eigenvalue weighted by molar-refractivity contribution is 4.96. The summed E-state index contributed by atoms with van der Waals surface area (Å²) in [5.74, 6) is 0. The third-order valence-corrected chi connectivity index (χ3v) is 0.841. The van der Waals surface area contributed by atoms with Crippen molar-refractivity contribution in [3.05, 3.63) is 37.0 Å². The lowest BCUT2D eigenvalue weighted by Gasteiger charge is -1.67. The summed E-state index contributed by atoms with van der Waals surface area (Å²) in [5.41, 5.74) is 0. The lowest BCUT2D eigenvalue weighted by atomic mass is 10.4. The maximum Gasteiger partial charge on any atom is -0.0376 e. The van der Waals surface area contributed by atoms with Gasteiger partial charge in [0, 0.05) is 0 Å². The molecule has 0 saturated carbocycles. The molecule has 0 spiro atoms. The van der Waals surface area contributed by atoms with E-state index in [2.05, 4.69) is 19.6 Å². The van der Waals surface area contributed by atoms with Gasteiger partial charge in [0.25, 0.3) is 0 Å². The summed E-state index contributed by atoms with van der Waals surface area (Å²) in [6, 6.07) is 0. The fourth-order valence-electron chi connectivity index (χ4n) is 0.232. The van der Waals surface area contributed by atoms with Crippen LogP contribution in [-0.4, -0.2) is 0 Å². The Hall–Kier alpha value is -0.780. The van der Waals surface area contributed by atoms with Crippen LogP contribution in [0.3, 0.4) is 0 Å². The highest BCUT2D eigenvalue weighted by Gasteiger charge is 1.55. The average Bonchev–Trinajstić information content (AvgIpc) is 2.18. The molecule has 0 bridgehead atoms. The molecular weight excluding hydrogens is 144 g/mol. The van der Waals surface area contributed by atoms with Gasteiger partial charge in [-0.2, -0.15) is 0 Å². The predicted molar refractivity (Wildman–Crippen MR) is 61.5 cm³/mol. The Morgan fingerprint density at radius 3 is 1.58 bits per heavy atom. The second kappa shape index (κ2) is 31.9. The van der Waals surface area contributed by atoms with Crippen LogP contribution in [0.1, 0.15) is 41.0 Å². The van der Waals surface area contributed by atoms with Gasteiger partial charge < -0.3 is 0 Å². The van der Waals surface area contributed by atoms with E-state index in [0.717, 1.165) is 6.42 Å². The maximum atomic E-state index is 3.51. The minimum Gasteiger partial charge on any atom is -0.0991 e. The SMILES string of the molecule is C/C=C\C.C=C/C=C/CC.CC. The first kappa shape index (κ1) is 17.3. The van der Waals surface area contributed by atoms with Crippen molar-refractivity contribution in [3.8, 4) is 0 Å². The molecule has 0 radical (unpaired) electrons. The van der Waals surface area contributed by atoms with E-state index < -0.39 is 0 Å². The van der Waals surface area contributed by atoms with Crippen molar-refractivity contribution < 1.29 is 0 Å². The smallest absolute Gasteiger partial charge is 0.0376 e. The Kier molecular flexibility index (Phi) is 46.1. The number of allylic oxidation sites excluding steroid dienone is 5. The van der Waals surface area contributed by atoms with Crippen molar-refractivity contribution in [2.24, 2.45) is 0 Å². The summed E-state index contributed by atoms with van der Waals surface area (Å²) >= 11 is 0. The van der Waals surface area contributed by atoms with Crippen LogP contribution < -0.4 is 0 Å². The second-order valence-electron chi connectivity index (χ2n) is 1.74. The summed E-state index contributed by atoms with van der Waals surface area (Å²) in [4.78, 5) is 0. The van der Waals surface area contributed by atoms with Gasteiger partial charge in [-0.25, -0.2) is 0 Å². The van der Waals surface area contributed by atoms with Crippen LogP contribution in [0.5, 0.6) is 0 Å². The highest BCUT2D eigenvalue weighted by Crippen LogP contribution is 1.76. The van der Waals surface area contributed by atoms with Gasteiger partial charge in [-0.15, -0.1) is 0 Å². The van der Waals surface area contributed by atoms with Crippen LogP contribution in [0.2, 0.25) is 0 Å². The van der Waals surface area contributed by atoms with Gasteiger partial charge >= 0.3 is 0 Å². The Morgan fingerprint density at radius 2 is 1.50 bits per heavy atom. The molecule has 0 aromatic rings. The van der Waals surface area contributed by atoms with Gasteiger partial charge in [0.1, 0.15) is 0 Å². The third-order valence-electron chi connectivity index (χ3n) is 0.841. The van der Waals surface area contributed by atoms with Crippen molar-refractivity contribution in [1.29, 1.82) is 0 Å².